The SMILES string of the molecule is CC(C)(C)c1ccccc1OC1CN(C(=O)c2nccs2)C1. The predicted molar refractivity (Wildman–Crippen MR) is 87.6 cm³/mol. The summed E-state index contributed by atoms with van der Waals surface area (Å²) in [5, 5.41) is 2.37. The van der Waals surface area contributed by atoms with Crippen molar-refractivity contribution >= 4 is 17.2 Å². The summed E-state index contributed by atoms with van der Waals surface area (Å²) in [4.78, 5) is 18.0. The van der Waals surface area contributed by atoms with E-state index in [1.165, 1.54) is 16.9 Å². The highest BCUT2D eigenvalue weighted by Crippen LogP contribution is 2.32. The van der Waals surface area contributed by atoms with E-state index in [-0.39, 0.29) is 17.4 Å². The van der Waals surface area contributed by atoms with Crippen molar-refractivity contribution in [3.05, 3.63) is 46.4 Å². The number of nitrogens with zero attached hydrogens (tertiary/aromatic N) is 2. The molecule has 0 bridgehead atoms. The molecular formula is C17H20N2O2S. The number of para-hydroxylation sites is 1. The van der Waals surface area contributed by atoms with Crippen LogP contribution in [0, 0.1) is 0 Å². The van der Waals surface area contributed by atoms with Crippen LogP contribution in [0.1, 0.15) is 36.1 Å². The Bertz CT molecular complexity index is 656. The summed E-state index contributed by atoms with van der Waals surface area (Å²) in [5.74, 6) is 0.917. The molecule has 0 unspecified atom stereocenters. The third kappa shape index (κ3) is 2.99. The highest BCUT2D eigenvalue weighted by atomic mass is 32.1. The Kier molecular flexibility index (Phi) is 3.91. The molecule has 0 aliphatic carbocycles. The highest BCUT2D eigenvalue weighted by Gasteiger charge is 2.34. The van der Waals surface area contributed by atoms with E-state index in [1.807, 2.05) is 23.6 Å². The van der Waals surface area contributed by atoms with Crippen LogP contribution in [0.3, 0.4) is 0 Å². The number of likely N-dealkylation sites (tertiary alicyclic amines) is 1. The van der Waals surface area contributed by atoms with Crippen LogP contribution in [0.15, 0.2) is 35.8 Å². The maximum Gasteiger partial charge on any atom is 0.283 e. The molecule has 0 saturated carbocycles. The third-order valence-electron chi connectivity index (χ3n) is 3.74. The third-order valence-corrected chi connectivity index (χ3v) is 4.50. The fraction of sp³-hybridized carbons (Fsp3) is 0.412. The summed E-state index contributed by atoms with van der Waals surface area (Å²) in [7, 11) is 0. The molecular weight excluding hydrogens is 296 g/mol. The molecule has 0 N–H and O–H groups in total. The Morgan fingerprint density at radius 3 is 2.68 bits per heavy atom. The first kappa shape index (κ1) is 15.0. The number of ether oxygens (including phenoxy) is 1. The number of benzene rings is 1. The topological polar surface area (TPSA) is 42.4 Å². The number of hydrogen-bond donors (Lipinski definition) is 0. The van der Waals surface area contributed by atoms with Crippen LogP contribution in [0.4, 0.5) is 0 Å². The van der Waals surface area contributed by atoms with Gasteiger partial charge in [0, 0.05) is 11.6 Å². The quantitative estimate of drug-likeness (QED) is 0.872. The van der Waals surface area contributed by atoms with Gasteiger partial charge in [-0.05, 0) is 17.0 Å². The second-order valence-electron chi connectivity index (χ2n) is 6.53. The van der Waals surface area contributed by atoms with Gasteiger partial charge in [0.25, 0.3) is 5.91 Å². The summed E-state index contributed by atoms with van der Waals surface area (Å²) in [6.07, 6.45) is 1.72. The molecule has 1 fully saturated rings. The Hall–Kier alpha value is -1.88. The Labute approximate surface area is 134 Å². The summed E-state index contributed by atoms with van der Waals surface area (Å²) in [6, 6.07) is 8.13. The molecule has 4 nitrogen and oxygen atoms in total. The van der Waals surface area contributed by atoms with Gasteiger partial charge in [0.15, 0.2) is 5.01 Å². The molecule has 0 spiro atoms. The van der Waals surface area contributed by atoms with E-state index >= 15 is 0 Å². The minimum atomic E-state index is -0.000966. The number of amides is 1. The van der Waals surface area contributed by atoms with Gasteiger partial charge in [-0.2, -0.15) is 0 Å². The zero-order valence-corrected chi connectivity index (χ0v) is 13.9. The fourth-order valence-electron chi connectivity index (χ4n) is 2.51. The van der Waals surface area contributed by atoms with Crippen molar-refractivity contribution in [2.75, 3.05) is 13.1 Å². The lowest BCUT2D eigenvalue weighted by atomic mass is 9.86. The van der Waals surface area contributed by atoms with Crippen LogP contribution in [0.5, 0.6) is 5.75 Å². The van der Waals surface area contributed by atoms with Crippen LogP contribution < -0.4 is 4.74 Å². The first-order chi connectivity index (χ1) is 10.4. The zero-order chi connectivity index (χ0) is 15.7. The van der Waals surface area contributed by atoms with Crippen LogP contribution in [0.25, 0.3) is 0 Å². The van der Waals surface area contributed by atoms with E-state index < -0.39 is 0 Å². The van der Waals surface area contributed by atoms with Crippen molar-refractivity contribution in [1.82, 2.24) is 9.88 Å². The molecule has 1 amide bonds. The Morgan fingerprint density at radius 1 is 1.32 bits per heavy atom. The minimum Gasteiger partial charge on any atom is -0.486 e. The molecule has 2 aromatic rings. The number of carbonyl (C=O) groups is 1. The maximum atomic E-state index is 12.1. The minimum absolute atomic E-state index is 0.000966. The average Bonchev–Trinajstić information content (AvgIpc) is 2.95. The zero-order valence-electron chi connectivity index (χ0n) is 13.1. The van der Waals surface area contributed by atoms with Gasteiger partial charge < -0.3 is 9.64 Å². The molecule has 3 rings (SSSR count). The molecule has 1 saturated heterocycles. The number of hydrogen-bond acceptors (Lipinski definition) is 4. The van der Waals surface area contributed by atoms with Gasteiger partial charge in [-0.15, -0.1) is 11.3 Å². The monoisotopic (exact) mass is 316 g/mol. The molecule has 1 aliphatic rings. The second kappa shape index (κ2) is 5.72. The van der Waals surface area contributed by atoms with Crippen LogP contribution in [0.2, 0.25) is 0 Å². The van der Waals surface area contributed by atoms with Gasteiger partial charge in [-0.25, -0.2) is 4.98 Å². The molecule has 5 heteroatoms. The first-order valence-electron chi connectivity index (χ1n) is 7.40. The van der Waals surface area contributed by atoms with Gasteiger partial charge in [-0.1, -0.05) is 39.0 Å². The summed E-state index contributed by atoms with van der Waals surface area (Å²) < 4.78 is 6.09. The first-order valence-corrected chi connectivity index (χ1v) is 8.28. The van der Waals surface area contributed by atoms with Crippen LogP contribution in [-0.4, -0.2) is 35.0 Å². The molecule has 22 heavy (non-hydrogen) atoms. The smallest absolute Gasteiger partial charge is 0.283 e. The van der Waals surface area contributed by atoms with Gasteiger partial charge in [0.05, 0.1) is 13.1 Å². The van der Waals surface area contributed by atoms with Crippen molar-refractivity contribution in [3.63, 3.8) is 0 Å². The standard InChI is InChI=1S/C17H20N2O2S/c1-17(2,3)13-6-4-5-7-14(13)21-12-10-19(11-12)16(20)15-18-8-9-22-15/h4-9,12H,10-11H2,1-3H3. The lowest BCUT2D eigenvalue weighted by Gasteiger charge is -2.39. The van der Waals surface area contributed by atoms with Gasteiger partial charge in [-0.3, -0.25) is 4.79 Å². The Morgan fingerprint density at radius 2 is 2.05 bits per heavy atom. The molecule has 1 aromatic carbocycles. The van der Waals surface area contributed by atoms with E-state index in [1.54, 1.807) is 11.1 Å². The largest absolute Gasteiger partial charge is 0.486 e. The molecule has 1 aromatic heterocycles. The predicted octanol–water partition coefficient (Wildman–Crippen LogP) is 3.34. The number of carbonyl (C=O) groups excluding carboxylic acids is 1. The second-order valence-corrected chi connectivity index (χ2v) is 7.43. The highest BCUT2D eigenvalue weighted by molar-refractivity contribution is 7.11. The normalized spacial score (nSPS) is 15.5. The van der Waals surface area contributed by atoms with E-state index in [2.05, 4.69) is 31.8 Å². The van der Waals surface area contributed by atoms with Crippen molar-refractivity contribution in [1.29, 1.82) is 0 Å². The van der Waals surface area contributed by atoms with Crippen LogP contribution >= 0.6 is 11.3 Å². The molecule has 0 radical (unpaired) electrons. The summed E-state index contributed by atoms with van der Waals surface area (Å²) in [6.45, 7) is 7.77. The molecule has 0 atom stereocenters. The van der Waals surface area contributed by atoms with Crippen molar-refractivity contribution in [2.24, 2.45) is 0 Å². The van der Waals surface area contributed by atoms with Gasteiger partial charge in [0.2, 0.25) is 0 Å². The van der Waals surface area contributed by atoms with E-state index in [0.29, 0.717) is 18.1 Å². The number of rotatable bonds is 3. The number of aromatic nitrogens is 1. The summed E-state index contributed by atoms with van der Waals surface area (Å²) >= 11 is 1.38. The van der Waals surface area contributed by atoms with E-state index in [4.69, 9.17) is 4.74 Å². The van der Waals surface area contributed by atoms with Crippen molar-refractivity contribution in [3.8, 4) is 5.75 Å². The van der Waals surface area contributed by atoms with Crippen LogP contribution in [-0.2, 0) is 5.41 Å². The van der Waals surface area contributed by atoms with Gasteiger partial charge >= 0.3 is 0 Å². The fourth-order valence-corrected chi connectivity index (χ4v) is 3.11. The molecule has 1 aliphatic heterocycles. The molecule has 2 heterocycles. The summed E-state index contributed by atoms with van der Waals surface area (Å²) in [5.41, 5.74) is 1.23. The average molecular weight is 316 g/mol. The van der Waals surface area contributed by atoms with Crippen molar-refractivity contribution < 1.29 is 9.53 Å². The lowest BCUT2D eigenvalue weighted by molar-refractivity contribution is 0.0171. The molecule has 116 valence electrons. The lowest BCUT2D eigenvalue weighted by Crippen LogP contribution is -2.56. The van der Waals surface area contributed by atoms with E-state index in [0.717, 1.165) is 5.75 Å². The number of thiazole rings is 1. The van der Waals surface area contributed by atoms with Crippen molar-refractivity contribution in [2.45, 2.75) is 32.3 Å². The van der Waals surface area contributed by atoms with Gasteiger partial charge in [0.1, 0.15) is 11.9 Å². The van der Waals surface area contributed by atoms with E-state index in [9.17, 15) is 4.79 Å². The maximum absolute atomic E-state index is 12.1. The Balaban J connectivity index is 1.62.